The Morgan fingerprint density at radius 2 is 1.73 bits per heavy atom. The van der Waals surface area contributed by atoms with Crippen LogP contribution in [-0.2, 0) is 19.1 Å². The van der Waals surface area contributed by atoms with E-state index in [0.717, 1.165) is 24.8 Å². The molecule has 5 aliphatic carbocycles. The number of halogens is 2. The molecule has 0 aromatic carbocycles. The zero-order valence-corrected chi connectivity index (χ0v) is 24.7. The first-order chi connectivity index (χ1) is 18.3. The smallest absolute Gasteiger partial charge is 0.345 e. The number of alkyl halides is 2. The Morgan fingerprint density at radius 3 is 2.35 bits per heavy atom. The molecule has 1 N–H and O–H groups in total. The van der Waals surface area contributed by atoms with E-state index >= 15 is 0 Å². The first-order valence-electron chi connectivity index (χ1n) is 14.9. The van der Waals surface area contributed by atoms with Gasteiger partial charge in [-0.2, -0.15) is 8.78 Å². The predicted molar refractivity (Wildman–Crippen MR) is 144 cm³/mol. The monoisotopic (exact) mass is 556 g/mol. The van der Waals surface area contributed by atoms with Crippen molar-refractivity contribution in [2.45, 2.75) is 117 Å². The maximum absolute atomic E-state index is 14.4. The van der Waals surface area contributed by atoms with Crippen molar-refractivity contribution in [2.24, 2.45) is 45.3 Å². The third-order valence-corrected chi connectivity index (χ3v) is 13.1. The highest BCUT2D eigenvalue weighted by atomic mass is 19.3. The summed E-state index contributed by atoms with van der Waals surface area (Å²) in [7, 11) is 0. The van der Waals surface area contributed by atoms with Crippen LogP contribution >= 0.6 is 0 Å². The zero-order chi connectivity index (χ0) is 29.5. The fraction of sp³-hybridized carbons (Fsp3) is 0.812. The number of rotatable bonds is 2. The van der Waals surface area contributed by atoms with Crippen LogP contribution in [-0.4, -0.2) is 40.8 Å². The highest BCUT2D eigenvalue weighted by molar-refractivity contribution is 5.98. The number of fused-ring (bicyclic) bond motifs is 9. The second-order valence-electron chi connectivity index (χ2n) is 15.5. The van der Waals surface area contributed by atoms with E-state index in [1.165, 1.54) is 0 Å². The highest BCUT2D eigenvalue weighted by Gasteiger charge is 2.85. The number of carbonyl (C=O) groups excluding carboxylic acids is 3. The van der Waals surface area contributed by atoms with Crippen LogP contribution in [0.1, 0.15) is 93.4 Å². The van der Waals surface area contributed by atoms with Gasteiger partial charge in [-0.15, -0.1) is 0 Å². The number of epoxide rings is 1. The van der Waals surface area contributed by atoms with Crippen LogP contribution < -0.4 is 5.32 Å². The summed E-state index contributed by atoms with van der Waals surface area (Å²) in [4.78, 5) is 44.0. The molecule has 10 atom stereocenters. The number of ether oxygens (including phenoxy) is 1. The molecule has 0 aromatic rings. The third kappa shape index (κ3) is 3.19. The summed E-state index contributed by atoms with van der Waals surface area (Å²) >= 11 is 0. The minimum atomic E-state index is -3.50. The lowest BCUT2D eigenvalue weighted by atomic mass is 9.35. The van der Waals surface area contributed by atoms with Gasteiger partial charge in [0, 0.05) is 29.7 Å². The van der Waals surface area contributed by atoms with E-state index in [1.807, 2.05) is 6.92 Å². The van der Waals surface area contributed by atoms with Gasteiger partial charge >= 0.3 is 11.6 Å². The summed E-state index contributed by atoms with van der Waals surface area (Å²) in [6, 6.07) is 0. The van der Waals surface area contributed by atoms with E-state index in [0.29, 0.717) is 32.6 Å². The molecule has 1 aliphatic heterocycles. The van der Waals surface area contributed by atoms with Crippen LogP contribution in [0.2, 0.25) is 0 Å². The van der Waals surface area contributed by atoms with E-state index in [1.54, 1.807) is 6.08 Å². The van der Waals surface area contributed by atoms with Gasteiger partial charge in [0.25, 0.3) is 11.7 Å². The molecule has 6 aliphatic rings. The lowest BCUT2D eigenvalue weighted by Crippen LogP contribution is -2.70. The molecule has 4 saturated carbocycles. The largest absolute Gasteiger partial charge is 0.424 e. The molecular formula is C32H42F2N2O4. The van der Waals surface area contributed by atoms with Crippen molar-refractivity contribution in [3.05, 3.63) is 23.1 Å². The average Bonchev–Trinajstić information content (AvgIpc) is 3.62. The number of ketones is 2. The SMILES string of the molecule is [C-]#[N+][C@@]12O[C@@H]1[C@]1(C)C3=CC(=O)[C@@H]4[C@@H]5CC(C)(C)CC[C@]5(NC(=O)C(C)(F)F)CC[C@@]4(C)[C@]3(C)CC[C@H]1[C@H](C)C2=O. The summed E-state index contributed by atoms with van der Waals surface area (Å²) in [6.07, 6.45) is 6.03. The first-order valence-corrected chi connectivity index (χ1v) is 14.9. The molecule has 0 spiro atoms. The standard InChI is InChI=1S/C32H42F2N2O4/c1-17-18-9-10-27(4)21(29(18,6)24-32(35-8,40-24)23(17)38)15-20(37)22-19-16-26(2,3)11-13-31(19,14-12-28(22,27)5)36-25(39)30(7,33)34/h15,17-19,22,24H,9-14,16H2,1-7H3,(H,36,39)/t17-,18-,19-,22-,24+,27+,28+,29-,31-,32-/m0/s1. The molecule has 1 amide bonds. The Kier molecular flexibility index (Phi) is 5.47. The van der Waals surface area contributed by atoms with E-state index in [-0.39, 0.29) is 34.7 Å². The number of nitrogens with zero attached hydrogens (tertiary/aromatic N) is 1. The second-order valence-corrected chi connectivity index (χ2v) is 15.5. The van der Waals surface area contributed by atoms with Crippen molar-refractivity contribution in [3.8, 4) is 0 Å². The lowest BCUT2D eigenvalue weighted by Gasteiger charge is -2.68. The summed E-state index contributed by atoms with van der Waals surface area (Å²) in [6.45, 7) is 21.2. The molecule has 40 heavy (non-hydrogen) atoms. The van der Waals surface area contributed by atoms with Gasteiger partial charge in [-0.3, -0.25) is 24.0 Å². The van der Waals surface area contributed by atoms with Crippen LogP contribution in [0.3, 0.4) is 0 Å². The Labute approximate surface area is 235 Å². The van der Waals surface area contributed by atoms with Crippen molar-refractivity contribution in [1.82, 2.24) is 5.32 Å². The number of hydrogen-bond acceptors (Lipinski definition) is 4. The molecule has 0 aromatic heterocycles. The molecule has 1 saturated heterocycles. The normalized spacial score (nSPS) is 50.6. The van der Waals surface area contributed by atoms with Crippen molar-refractivity contribution >= 4 is 17.5 Å². The molecule has 8 heteroatoms. The molecule has 6 nitrogen and oxygen atoms in total. The van der Waals surface area contributed by atoms with E-state index in [2.05, 4.69) is 44.8 Å². The minimum Gasteiger partial charge on any atom is -0.345 e. The fourth-order valence-electron chi connectivity index (χ4n) is 10.6. The van der Waals surface area contributed by atoms with Gasteiger partial charge in [0.15, 0.2) is 11.9 Å². The topological polar surface area (TPSA) is 80.1 Å². The first kappa shape index (κ1) is 28.0. The molecular weight excluding hydrogens is 514 g/mol. The molecule has 218 valence electrons. The fourth-order valence-corrected chi connectivity index (χ4v) is 10.6. The van der Waals surface area contributed by atoms with Crippen LogP contribution in [0.25, 0.3) is 4.85 Å². The number of carbonyl (C=O) groups is 3. The van der Waals surface area contributed by atoms with Gasteiger partial charge in [0.05, 0.1) is 0 Å². The maximum atomic E-state index is 14.4. The van der Waals surface area contributed by atoms with E-state index < -0.39 is 51.4 Å². The molecule has 0 radical (unpaired) electrons. The van der Waals surface area contributed by atoms with E-state index in [9.17, 15) is 23.2 Å². The number of nitrogens with one attached hydrogen (secondary N) is 1. The Balaban J connectivity index is 1.47. The average molecular weight is 557 g/mol. The van der Waals surface area contributed by atoms with Crippen LogP contribution in [0.15, 0.2) is 11.6 Å². The summed E-state index contributed by atoms with van der Waals surface area (Å²) in [5.74, 6) is -5.95. The maximum Gasteiger partial charge on any atom is 0.424 e. The molecule has 0 bridgehead atoms. The Hall–Kier alpha value is -2.14. The van der Waals surface area contributed by atoms with Gasteiger partial charge in [-0.25, -0.2) is 6.57 Å². The van der Waals surface area contributed by atoms with Crippen LogP contribution in [0.4, 0.5) is 8.78 Å². The molecule has 6 rings (SSSR count). The van der Waals surface area contributed by atoms with Crippen molar-refractivity contribution in [1.29, 1.82) is 0 Å². The molecule has 0 unspecified atom stereocenters. The zero-order valence-electron chi connectivity index (χ0n) is 24.7. The van der Waals surface area contributed by atoms with Crippen molar-refractivity contribution in [2.75, 3.05) is 0 Å². The quantitative estimate of drug-likeness (QED) is 0.339. The predicted octanol–water partition coefficient (Wildman–Crippen LogP) is 5.90. The second kappa shape index (κ2) is 7.82. The lowest BCUT2D eigenvalue weighted by molar-refractivity contribution is -0.169. The van der Waals surface area contributed by atoms with Crippen LogP contribution in [0, 0.1) is 51.9 Å². The molecule has 1 heterocycles. The number of amides is 1. The van der Waals surface area contributed by atoms with Gasteiger partial charge in [0.1, 0.15) is 0 Å². The van der Waals surface area contributed by atoms with Gasteiger partial charge < -0.3 is 5.32 Å². The van der Waals surface area contributed by atoms with E-state index in [4.69, 9.17) is 11.3 Å². The highest BCUT2D eigenvalue weighted by Crippen LogP contribution is 2.75. The summed E-state index contributed by atoms with van der Waals surface area (Å²) in [5.41, 5.74) is -2.87. The number of allylic oxidation sites excluding steroid dienone is 1. The number of hydrogen-bond donors (Lipinski definition) is 1. The Morgan fingerprint density at radius 1 is 1.07 bits per heavy atom. The van der Waals surface area contributed by atoms with Crippen molar-refractivity contribution in [3.63, 3.8) is 0 Å². The summed E-state index contributed by atoms with van der Waals surface area (Å²) in [5, 5.41) is 2.80. The minimum absolute atomic E-state index is 0.0141. The summed E-state index contributed by atoms with van der Waals surface area (Å²) < 4.78 is 34.3. The molecule has 5 fully saturated rings. The Bertz CT molecular complexity index is 1300. The van der Waals surface area contributed by atoms with Gasteiger partial charge in [0.2, 0.25) is 0 Å². The van der Waals surface area contributed by atoms with Crippen LogP contribution in [0.5, 0.6) is 0 Å². The third-order valence-electron chi connectivity index (χ3n) is 13.1. The van der Waals surface area contributed by atoms with Gasteiger partial charge in [-0.05, 0) is 79.1 Å². The number of Topliss-reactive ketones (excluding diaryl/α,β-unsaturated/α-hetero) is 1. The van der Waals surface area contributed by atoms with Crippen molar-refractivity contribution < 1.29 is 27.9 Å². The van der Waals surface area contributed by atoms with Gasteiger partial charge in [-0.1, -0.05) is 47.1 Å².